The van der Waals surface area contributed by atoms with Gasteiger partial charge in [-0.05, 0) is 54.7 Å². The molecule has 0 aliphatic heterocycles. The Bertz CT molecular complexity index is 1010. The van der Waals surface area contributed by atoms with E-state index in [4.69, 9.17) is 10.5 Å². The lowest BCUT2D eigenvalue weighted by Crippen LogP contribution is -2.47. The summed E-state index contributed by atoms with van der Waals surface area (Å²) in [4.78, 5) is 25.6. The molecule has 4 rings (SSSR count). The van der Waals surface area contributed by atoms with Crippen molar-refractivity contribution in [3.8, 4) is 5.75 Å². The van der Waals surface area contributed by atoms with E-state index in [1.165, 1.54) is 5.56 Å². The van der Waals surface area contributed by atoms with Crippen LogP contribution in [0.25, 0.3) is 0 Å². The maximum Gasteiger partial charge on any atom is 0.251 e. The van der Waals surface area contributed by atoms with E-state index in [1.54, 1.807) is 24.3 Å². The predicted molar refractivity (Wildman–Crippen MR) is 129 cm³/mol. The molecule has 2 aromatic rings. The first-order valence-electron chi connectivity index (χ1n) is 11.6. The zero-order valence-corrected chi connectivity index (χ0v) is 18.7. The van der Waals surface area contributed by atoms with Crippen molar-refractivity contribution < 1.29 is 14.3 Å². The van der Waals surface area contributed by atoms with Crippen LogP contribution in [0.4, 0.5) is 0 Å². The summed E-state index contributed by atoms with van der Waals surface area (Å²) in [5.41, 5.74) is 8.75. The van der Waals surface area contributed by atoms with Crippen LogP contribution in [0.5, 0.6) is 5.75 Å². The Balaban J connectivity index is 1.33. The highest BCUT2D eigenvalue weighted by atomic mass is 16.5. The molecule has 0 spiro atoms. The smallest absolute Gasteiger partial charge is 0.251 e. The van der Waals surface area contributed by atoms with Crippen LogP contribution in [0.2, 0.25) is 0 Å². The van der Waals surface area contributed by atoms with Crippen LogP contribution >= 0.6 is 0 Å². The summed E-state index contributed by atoms with van der Waals surface area (Å²) in [5, 5.41) is 5.81. The van der Waals surface area contributed by atoms with Gasteiger partial charge in [0.15, 0.2) is 0 Å². The maximum atomic E-state index is 12.9. The molecule has 0 saturated heterocycles. The van der Waals surface area contributed by atoms with Gasteiger partial charge in [0.25, 0.3) is 5.91 Å². The van der Waals surface area contributed by atoms with Crippen LogP contribution in [0.15, 0.2) is 78.4 Å². The van der Waals surface area contributed by atoms with Gasteiger partial charge in [0.05, 0.1) is 6.61 Å². The molecule has 0 aromatic heterocycles. The first kappa shape index (κ1) is 22.8. The molecule has 172 valence electrons. The van der Waals surface area contributed by atoms with Gasteiger partial charge in [-0.1, -0.05) is 48.6 Å². The van der Waals surface area contributed by atoms with Crippen LogP contribution in [0.1, 0.15) is 47.5 Å². The number of carbonyl (C=O) groups is 2. The Labute approximate surface area is 194 Å². The van der Waals surface area contributed by atoms with E-state index < -0.39 is 6.04 Å². The fourth-order valence-corrected chi connectivity index (χ4v) is 3.91. The molecule has 6 heteroatoms. The molecule has 0 bridgehead atoms. The van der Waals surface area contributed by atoms with E-state index in [9.17, 15) is 9.59 Å². The monoisotopic (exact) mass is 445 g/mol. The fraction of sp³-hybridized carbons (Fsp3) is 0.333. The van der Waals surface area contributed by atoms with Crippen LogP contribution in [-0.2, 0) is 4.79 Å². The number of nitrogens with two attached hydrogens (primary N) is 1. The minimum absolute atomic E-state index is 0.221. The number of carbonyl (C=O) groups excluding carboxylic acids is 2. The molecule has 2 aromatic carbocycles. The second-order valence-electron chi connectivity index (χ2n) is 8.58. The number of ether oxygens (including phenoxy) is 1. The van der Waals surface area contributed by atoms with Gasteiger partial charge in [0.1, 0.15) is 11.8 Å². The zero-order chi connectivity index (χ0) is 23.0. The van der Waals surface area contributed by atoms with Crippen LogP contribution < -0.4 is 21.1 Å². The van der Waals surface area contributed by atoms with Gasteiger partial charge < -0.3 is 21.1 Å². The minimum atomic E-state index is -0.699. The lowest BCUT2D eigenvalue weighted by atomic mass is 10.1. The second-order valence-corrected chi connectivity index (χ2v) is 8.58. The third-order valence-corrected chi connectivity index (χ3v) is 6.02. The van der Waals surface area contributed by atoms with Crippen LogP contribution in [0.3, 0.4) is 0 Å². The summed E-state index contributed by atoms with van der Waals surface area (Å²) in [5.74, 6) is 0.687. The number of rotatable bonds is 10. The van der Waals surface area contributed by atoms with Crippen LogP contribution in [-0.4, -0.2) is 37.0 Å². The molecule has 4 N–H and O–H groups in total. The number of nitrogens with one attached hydrogen (secondary N) is 2. The van der Waals surface area contributed by atoms with Crippen molar-refractivity contribution in [1.82, 2.24) is 10.6 Å². The Morgan fingerprint density at radius 2 is 1.82 bits per heavy atom. The number of hydrogen-bond donors (Lipinski definition) is 3. The molecule has 1 saturated carbocycles. The molecule has 0 radical (unpaired) electrons. The van der Waals surface area contributed by atoms with Crippen molar-refractivity contribution in [1.29, 1.82) is 0 Å². The van der Waals surface area contributed by atoms with Crippen molar-refractivity contribution >= 4 is 11.8 Å². The third-order valence-electron chi connectivity index (χ3n) is 6.02. The molecule has 3 atom stereocenters. The van der Waals surface area contributed by atoms with E-state index in [-0.39, 0.29) is 17.9 Å². The van der Waals surface area contributed by atoms with Crippen molar-refractivity contribution in [2.75, 3.05) is 13.2 Å². The Kier molecular flexibility index (Phi) is 7.58. The highest BCUT2D eigenvalue weighted by molar-refractivity contribution is 5.97. The SMILES string of the molecule is NC1CC1c1ccc(OCCC(NC(=O)c2ccccc2)C(=O)NCC2=CCCC=C2)cc1. The number of amides is 2. The van der Waals surface area contributed by atoms with Gasteiger partial charge in [0.2, 0.25) is 5.91 Å². The predicted octanol–water partition coefficient (Wildman–Crippen LogP) is 3.46. The summed E-state index contributed by atoms with van der Waals surface area (Å²) in [7, 11) is 0. The summed E-state index contributed by atoms with van der Waals surface area (Å²) in [6, 6.07) is 16.4. The average molecular weight is 446 g/mol. The first-order chi connectivity index (χ1) is 16.1. The summed E-state index contributed by atoms with van der Waals surface area (Å²) in [6.07, 6.45) is 9.65. The summed E-state index contributed by atoms with van der Waals surface area (Å²) >= 11 is 0. The van der Waals surface area contributed by atoms with Gasteiger partial charge in [-0.25, -0.2) is 0 Å². The Morgan fingerprint density at radius 1 is 1.06 bits per heavy atom. The standard InChI is InChI=1S/C27H31N3O3/c28-24-17-23(24)20-11-13-22(14-12-20)33-16-15-25(30-26(31)21-9-5-2-6-10-21)27(32)29-18-19-7-3-1-4-8-19/h2-3,5-14,23-25H,1,4,15-18,28H2,(H,29,32)(H,30,31). The molecular formula is C27H31N3O3. The molecule has 2 aliphatic rings. The lowest BCUT2D eigenvalue weighted by Gasteiger charge is -2.19. The zero-order valence-electron chi connectivity index (χ0n) is 18.7. The normalized spacial score (nSPS) is 19.8. The number of allylic oxidation sites excluding steroid dienone is 2. The van der Waals surface area contributed by atoms with Gasteiger partial charge in [-0.15, -0.1) is 0 Å². The fourth-order valence-electron chi connectivity index (χ4n) is 3.91. The number of benzene rings is 2. The second kappa shape index (κ2) is 11.0. The largest absolute Gasteiger partial charge is 0.494 e. The molecule has 33 heavy (non-hydrogen) atoms. The molecule has 2 aliphatic carbocycles. The Hall–Kier alpha value is -3.38. The molecule has 3 unspecified atom stereocenters. The van der Waals surface area contributed by atoms with Gasteiger partial charge >= 0.3 is 0 Å². The maximum absolute atomic E-state index is 12.9. The molecule has 6 nitrogen and oxygen atoms in total. The van der Waals surface area contributed by atoms with Gasteiger partial charge in [-0.2, -0.15) is 0 Å². The quantitative estimate of drug-likeness (QED) is 0.522. The third kappa shape index (κ3) is 6.56. The highest BCUT2D eigenvalue weighted by Gasteiger charge is 2.34. The highest BCUT2D eigenvalue weighted by Crippen LogP contribution is 2.39. The molecule has 0 heterocycles. The first-order valence-corrected chi connectivity index (χ1v) is 11.6. The molecule has 2 amide bonds. The van der Waals surface area contributed by atoms with E-state index in [2.05, 4.69) is 22.8 Å². The van der Waals surface area contributed by atoms with E-state index in [0.29, 0.717) is 31.1 Å². The topological polar surface area (TPSA) is 93.4 Å². The minimum Gasteiger partial charge on any atom is -0.494 e. The summed E-state index contributed by atoms with van der Waals surface area (Å²) in [6.45, 7) is 0.747. The van der Waals surface area contributed by atoms with Gasteiger partial charge in [-0.3, -0.25) is 9.59 Å². The molecule has 1 fully saturated rings. The summed E-state index contributed by atoms with van der Waals surface area (Å²) < 4.78 is 5.87. The van der Waals surface area contributed by atoms with Crippen molar-refractivity contribution in [2.45, 2.75) is 43.7 Å². The van der Waals surface area contributed by atoms with Crippen molar-refractivity contribution in [2.24, 2.45) is 5.73 Å². The van der Waals surface area contributed by atoms with E-state index >= 15 is 0 Å². The van der Waals surface area contributed by atoms with Crippen molar-refractivity contribution in [3.63, 3.8) is 0 Å². The lowest BCUT2D eigenvalue weighted by molar-refractivity contribution is -0.123. The van der Waals surface area contributed by atoms with Crippen LogP contribution in [0, 0.1) is 0 Å². The van der Waals surface area contributed by atoms with E-state index in [1.807, 2.05) is 36.4 Å². The van der Waals surface area contributed by atoms with Gasteiger partial charge in [0, 0.05) is 30.5 Å². The number of hydrogen-bond acceptors (Lipinski definition) is 4. The van der Waals surface area contributed by atoms with Crippen molar-refractivity contribution in [3.05, 3.63) is 89.5 Å². The molecular weight excluding hydrogens is 414 g/mol. The average Bonchev–Trinajstić information content (AvgIpc) is 3.59. The Morgan fingerprint density at radius 3 is 2.48 bits per heavy atom. The van der Waals surface area contributed by atoms with E-state index in [0.717, 1.165) is 30.6 Å².